The topological polar surface area (TPSA) is 68.3 Å². The van der Waals surface area contributed by atoms with Gasteiger partial charge in [-0.25, -0.2) is 0 Å². The minimum absolute atomic E-state index is 0.0803. The average Bonchev–Trinajstić information content (AvgIpc) is 2.85. The number of carbonyl (C=O) groups excluding carboxylic acids is 2. The van der Waals surface area contributed by atoms with Crippen molar-refractivity contribution >= 4 is 11.8 Å². The van der Waals surface area contributed by atoms with Gasteiger partial charge in [-0.05, 0) is 68.8 Å². The van der Waals surface area contributed by atoms with Crippen LogP contribution in [0.15, 0.2) is 12.3 Å². The van der Waals surface area contributed by atoms with Gasteiger partial charge in [0.2, 0.25) is 11.8 Å². The van der Waals surface area contributed by atoms with E-state index in [1.165, 1.54) is 19.3 Å². The molecule has 25 heavy (non-hydrogen) atoms. The van der Waals surface area contributed by atoms with E-state index in [0.717, 1.165) is 62.2 Å². The van der Waals surface area contributed by atoms with Crippen molar-refractivity contribution in [3.05, 3.63) is 23.5 Å². The van der Waals surface area contributed by atoms with Crippen LogP contribution in [0.5, 0.6) is 0 Å². The molecule has 4 fully saturated rings. The minimum Gasteiger partial charge on any atom is -0.366 e. The summed E-state index contributed by atoms with van der Waals surface area (Å²) < 4.78 is 2.10. The predicted octanol–water partition coefficient (Wildman–Crippen LogP) is 2.54. The van der Waals surface area contributed by atoms with Gasteiger partial charge in [0.15, 0.2) is 0 Å². The second-order valence-corrected chi connectivity index (χ2v) is 9.06. The minimum atomic E-state index is -0.389. The van der Waals surface area contributed by atoms with Crippen molar-refractivity contribution in [2.75, 3.05) is 6.54 Å². The molecular weight excluding hydrogens is 314 g/mol. The van der Waals surface area contributed by atoms with Gasteiger partial charge < -0.3 is 15.2 Å². The van der Waals surface area contributed by atoms with E-state index in [9.17, 15) is 9.59 Å². The number of hydrogen-bond donors (Lipinski definition) is 1. The third kappa shape index (κ3) is 2.42. The molecule has 2 N–H and O–H groups in total. The molecule has 5 aliphatic rings. The zero-order chi connectivity index (χ0) is 17.2. The first-order chi connectivity index (χ1) is 12.0. The molecule has 4 aliphatic carbocycles. The van der Waals surface area contributed by atoms with Gasteiger partial charge in [0.25, 0.3) is 0 Å². The molecule has 4 saturated carbocycles. The zero-order valence-corrected chi connectivity index (χ0v) is 14.7. The van der Waals surface area contributed by atoms with Crippen molar-refractivity contribution in [2.24, 2.45) is 28.9 Å². The molecule has 0 unspecified atom stereocenters. The van der Waals surface area contributed by atoms with Gasteiger partial charge in [0.1, 0.15) is 0 Å². The number of aromatic nitrogens is 1. The molecule has 0 aromatic carbocycles. The van der Waals surface area contributed by atoms with E-state index in [2.05, 4.69) is 9.47 Å². The van der Waals surface area contributed by atoms with Crippen LogP contribution in [0, 0.1) is 23.2 Å². The van der Waals surface area contributed by atoms with Crippen LogP contribution in [-0.4, -0.2) is 27.8 Å². The smallest absolute Gasteiger partial charge is 0.250 e. The second kappa shape index (κ2) is 5.36. The second-order valence-electron chi connectivity index (χ2n) is 9.06. The summed E-state index contributed by atoms with van der Waals surface area (Å²) in [5, 5.41) is 0. The fourth-order valence-corrected chi connectivity index (χ4v) is 6.62. The van der Waals surface area contributed by atoms with Crippen LogP contribution in [0.4, 0.5) is 0 Å². The Morgan fingerprint density at radius 1 is 1.04 bits per heavy atom. The largest absolute Gasteiger partial charge is 0.366 e. The van der Waals surface area contributed by atoms with E-state index in [0.29, 0.717) is 18.0 Å². The molecule has 5 heteroatoms. The van der Waals surface area contributed by atoms with E-state index >= 15 is 0 Å². The number of primary amides is 1. The van der Waals surface area contributed by atoms with Crippen molar-refractivity contribution in [3.63, 3.8) is 0 Å². The molecule has 4 bridgehead atoms. The van der Waals surface area contributed by atoms with E-state index in [1.54, 1.807) is 0 Å². The lowest BCUT2D eigenvalue weighted by Crippen LogP contribution is -2.54. The predicted molar refractivity (Wildman–Crippen MR) is 93.6 cm³/mol. The zero-order valence-electron chi connectivity index (χ0n) is 14.7. The van der Waals surface area contributed by atoms with Gasteiger partial charge in [-0.2, -0.15) is 0 Å². The molecule has 1 aromatic rings. The number of fused-ring (bicyclic) bond motifs is 1. The molecule has 2 heterocycles. The van der Waals surface area contributed by atoms with Crippen molar-refractivity contribution in [1.82, 2.24) is 9.47 Å². The molecule has 134 valence electrons. The SMILES string of the molecule is NC(=O)c1cc2n(c1)CCCN(C(=O)C13CC4CC(CC(C4)C1)C3)C2. The van der Waals surface area contributed by atoms with E-state index in [4.69, 9.17) is 5.73 Å². The molecule has 2 amide bonds. The number of nitrogens with zero attached hydrogens (tertiary/aromatic N) is 2. The summed E-state index contributed by atoms with van der Waals surface area (Å²) in [7, 11) is 0. The number of nitrogens with two attached hydrogens (primary N) is 1. The van der Waals surface area contributed by atoms with Crippen LogP contribution in [0.3, 0.4) is 0 Å². The Morgan fingerprint density at radius 3 is 2.28 bits per heavy atom. The number of rotatable bonds is 2. The van der Waals surface area contributed by atoms with Crippen LogP contribution in [0.25, 0.3) is 0 Å². The Kier molecular flexibility index (Phi) is 3.32. The van der Waals surface area contributed by atoms with Crippen molar-refractivity contribution in [3.8, 4) is 0 Å². The fourth-order valence-electron chi connectivity index (χ4n) is 6.62. The summed E-state index contributed by atoms with van der Waals surface area (Å²) in [6.45, 7) is 2.30. The molecule has 5 nitrogen and oxygen atoms in total. The maximum Gasteiger partial charge on any atom is 0.250 e. The number of carbonyl (C=O) groups is 2. The van der Waals surface area contributed by atoms with Gasteiger partial charge >= 0.3 is 0 Å². The van der Waals surface area contributed by atoms with Gasteiger partial charge in [-0.3, -0.25) is 9.59 Å². The Hall–Kier alpha value is -1.78. The third-order valence-corrected chi connectivity index (χ3v) is 7.23. The Bertz CT molecular complexity index is 700. The Morgan fingerprint density at radius 2 is 1.68 bits per heavy atom. The Labute approximate surface area is 148 Å². The average molecular weight is 341 g/mol. The summed E-state index contributed by atoms with van der Waals surface area (Å²) in [5.74, 6) is 2.36. The Balaban J connectivity index is 1.41. The highest BCUT2D eigenvalue weighted by Gasteiger charge is 2.55. The summed E-state index contributed by atoms with van der Waals surface area (Å²) >= 11 is 0. The summed E-state index contributed by atoms with van der Waals surface area (Å²) in [6.07, 6.45) is 10.2. The van der Waals surface area contributed by atoms with Gasteiger partial charge in [0, 0.05) is 25.0 Å². The van der Waals surface area contributed by atoms with Crippen LogP contribution < -0.4 is 5.73 Å². The van der Waals surface area contributed by atoms with Crippen LogP contribution in [0.2, 0.25) is 0 Å². The van der Waals surface area contributed by atoms with E-state index in [1.807, 2.05) is 12.3 Å². The lowest BCUT2D eigenvalue weighted by molar-refractivity contribution is -0.158. The molecular formula is C20H27N3O2. The number of amides is 2. The summed E-state index contributed by atoms with van der Waals surface area (Å²) in [6, 6.07) is 1.87. The normalized spacial score (nSPS) is 36.2. The van der Waals surface area contributed by atoms with E-state index < -0.39 is 0 Å². The molecule has 1 aliphatic heterocycles. The molecule has 0 spiro atoms. The highest BCUT2D eigenvalue weighted by molar-refractivity contribution is 5.93. The lowest BCUT2D eigenvalue weighted by Gasteiger charge is -2.56. The quantitative estimate of drug-likeness (QED) is 0.898. The maximum atomic E-state index is 13.6. The van der Waals surface area contributed by atoms with Crippen LogP contribution >= 0.6 is 0 Å². The molecule has 0 atom stereocenters. The standard InChI is InChI=1S/C20H27N3O2/c21-18(24)16-7-17-12-23(3-1-2-22(17)11-16)19(25)20-8-13-4-14(9-20)6-15(5-13)10-20/h7,11,13-15H,1-6,8-10,12H2,(H2,21,24). The molecule has 1 aromatic heterocycles. The maximum absolute atomic E-state index is 13.6. The molecule has 0 radical (unpaired) electrons. The highest BCUT2D eigenvalue weighted by atomic mass is 16.2. The van der Waals surface area contributed by atoms with Crippen molar-refractivity contribution in [2.45, 2.75) is 58.0 Å². The lowest BCUT2D eigenvalue weighted by atomic mass is 9.49. The van der Waals surface area contributed by atoms with Crippen LogP contribution in [-0.2, 0) is 17.9 Å². The van der Waals surface area contributed by atoms with Crippen molar-refractivity contribution < 1.29 is 9.59 Å². The van der Waals surface area contributed by atoms with Crippen molar-refractivity contribution in [1.29, 1.82) is 0 Å². The monoisotopic (exact) mass is 341 g/mol. The first kappa shape index (κ1) is 15.5. The van der Waals surface area contributed by atoms with Gasteiger partial charge in [-0.15, -0.1) is 0 Å². The van der Waals surface area contributed by atoms with Crippen LogP contribution in [0.1, 0.15) is 61.0 Å². The molecule has 6 rings (SSSR count). The number of hydrogen-bond acceptors (Lipinski definition) is 2. The summed E-state index contributed by atoms with van der Waals surface area (Å²) in [4.78, 5) is 27.1. The third-order valence-electron chi connectivity index (χ3n) is 7.23. The van der Waals surface area contributed by atoms with E-state index in [-0.39, 0.29) is 11.3 Å². The summed E-state index contributed by atoms with van der Waals surface area (Å²) in [5.41, 5.74) is 6.95. The highest BCUT2D eigenvalue weighted by Crippen LogP contribution is 2.60. The first-order valence-electron chi connectivity index (χ1n) is 9.81. The molecule has 0 saturated heterocycles. The van der Waals surface area contributed by atoms with Gasteiger partial charge in [-0.1, -0.05) is 0 Å². The fraction of sp³-hybridized carbons (Fsp3) is 0.700. The number of aryl methyl sites for hydroxylation is 1. The van der Waals surface area contributed by atoms with Gasteiger partial charge in [0.05, 0.1) is 17.5 Å². The first-order valence-corrected chi connectivity index (χ1v) is 9.81.